The predicted molar refractivity (Wildman–Crippen MR) is 76.6 cm³/mol. The Morgan fingerprint density at radius 1 is 1.21 bits per heavy atom. The molecule has 2 aromatic rings. The van der Waals surface area contributed by atoms with Gasteiger partial charge in [0.25, 0.3) is 0 Å². The Morgan fingerprint density at radius 2 is 2.00 bits per heavy atom. The molecule has 0 unspecified atom stereocenters. The smallest absolute Gasteiger partial charge is 0.142 e. The first-order valence-corrected chi connectivity index (χ1v) is 6.14. The van der Waals surface area contributed by atoms with Gasteiger partial charge in [-0.15, -0.1) is 0 Å². The van der Waals surface area contributed by atoms with Gasteiger partial charge in [0, 0.05) is 5.56 Å². The maximum Gasteiger partial charge on any atom is 0.142 e. The zero-order valence-corrected chi connectivity index (χ0v) is 10.9. The van der Waals surface area contributed by atoms with Gasteiger partial charge in [-0.2, -0.15) is 0 Å². The van der Waals surface area contributed by atoms with Crippen LogP contribution in [0.25, 0.3) is 11.1 Å². The summed E-state index contributed by atoms with van der Waals surface area (Å²) >= 11 is 0. The van der Waals surface area contributed by atoms with E-state index in [1.807, 2.05) is 25.1 Å². The minimum absolute atomic E-state index is 0.325. The van der Waals surface area contributed by atoms with E-state index in [1.165, 1.54) is 11.9 Å². The molecular weight excluding hydrogens is 238 g/mol. The molecule has 5 N–H and O–H groups in total. The standard InChI is InChI=1S/C15H17N3O/c1-11-7-14(5-6-15(11)19)13-4-2-3-12(8-13)9-17-18-10-16/h2-8,10,17,19H,9H2,1H3,(H2,16,18)/p+1. The lowest BCUT2D eigenvalue weighted by Crippen LogP contribution is -2.76. The highest BCUT2D eigenvalue weighted by atomic mass is 16.3. The number of nitrogens with zero attached hydrogens (tertiary/aromatic N) is 1. The van der Waals surface area contributed by atoms with Gasteiger partial charge in [0.2, 0.25) is 0 Å². The van der Waals surface area contributed by atoms with Gasteiger partial charge in [-0.05, 0) is 41.8 Å². The van der Waals surface area contributed by atoms with E-state index in [-0.39, 0.29) is 0 Å². The molecule has 0 spiro atoms. The summed E-state index contributed by atoms with van der Waals surface area (Å²) in [6, 6.07) is 13.9. The van der Waals surface area contributed by atoms with Gasteiger partial charge in [0.15, 0.2) is 0 Å². The second-order valence-electron chi connectivity index (χ2n) is 4.39. The van der Waals surface area contributed by atoms with E-state index < -0.39 is 0 Å². The quantitative estimate of drug-likeness (QED) is 0.334. The number of phenols is 1. The summed E-state index contributed by atoms with van der Waals surface area (Å²) in [6.45, 7) is 2.64. The number of aromatic hydroxyl groups is 1. The minimum Gasteiger partial charge on any atom is -0.508 e. The molecule has 98 valence electrons. The second-order valence-corrected chi connectivity index (χ2v) is 4.39. The number of hydrogen-bond donors (Lipinski definition) is 3. The van der Waals surface area contributed by atoms with E-state index >= 15 is 0 Å². The number of phenolic OH excluding ortho intramolecular Hbond substituents is 1. The molecule has 0 amide bonds. The van der Waals surface area contributed by atoms with Crippen LogP contribution in [0.1, 0.15) is 11.1 Å². The van der Waals surface area contributed by atoms with Crippen LogP contribution in [0, 0.1) is 6.92 Å². The number of nitrogens with two attached hydrogens (primary N) is 2. The monoisotopic (exact) mass is 256 g/mol. The van der Waals surface area contributed by atoms with Crippen LogP contribution in [-0.2, 0) is 6.54 Å². The van der Waals surface area contributed by atoms with Gasteiger partial charge < -0.3 is 10.8 Å². The molecule has 0 saturated heterocycles. The second kappa shape index (κ2) is 6.02. The summed E-state index contributed by atoms with van der Waals surface area (Å²) in [5, 5.41) is 13.4. The van der Waals surface area contributed by atoms with Gasteiger partial charge in [0.1, 0.15) is 18.6 Å². The number of hydrogen-bond acceptors (Lipinski definition) is 2. The third-order valence-electron chi connectivity index (χ3n) is 2.98. The summed E-state index contributed by atoms with van der Waals surface area (Å²) in [5.74, 6) is 0.325. The fourth-order valence-corrected chi connectivity index (χ4v) is 1.93. The lowest BCUT2D eigenvalue weighted by molar-refractivity contribution is -0.676. The van der Waals surface area contributed by atoms with Crippen molar-refractivity contribution < 1.29 is 10.5 Å². The molecule has 0 aliphatic heterocycles. The number of aryl methyl sites for hydroxylation is 1. The fraction of sp³-hybridized carbons (Fsp3) is 0.133. The van der Waals surface area contributed by atoms with Crippen LogP contribution in [0.15, 0.2) is 47.6 Å². The fourth-order valence-electron chi connectivity index (χ4n) is 1.93. The third-order valence-corrected chi connectivity index (χ3v) is 2.98. The van der Waals surface area contributed by atoms with Crippen LogP contribution in [0.2, 0.25) is 0 Å². The largest absolute Gasteiger partial charge is 0.508 e. The molecule has 0 aliphatic rings. The number of benzene rings is 2. The van der Waals surface area contributed by atoms with Crippen LogP contribution in [0.5, 0.6) is 5.75 Å². The first-order chi connectivity index (χ1) is 9.20. The van der Waals surface area contributed by atoms with Crippen molar-refractivity contribution in [3.8, 4) is 16.9 Å². The van der Waals surface area contributed by atoms with Crippen molar-refractivity contribution in [3.63, 3.8) is 0 Å². The molecule has 0 radical (unpaired) electrons. The average molecular weight is 256 g/mol. The third kappa shape index (κ3) is 3.33. The van der Waals surface area contributed by atoms with Gasteiger partial charge in [-0.1, -0.05) is 29.4 Å². The molecule has 0 saturated carbocycles. The van der Waals surface area contributed by atoms with Crippen molar-refractivity contribution in [1.82, 2.24) is 0 Å². The molecule has 4 heteroatoms. The SMILES string of the molecule is Cc1cc(-c2cccc(C[NH2+]/N=C\N)c2)ccc1O. The van der Waals surface area contributed by atoms with Crippen molar-refractivity contribution in [1.29, 1.82) is 0 Å². The average Bonchev–Trinajstić information content (AvgIpc) is 2.43. The van der Waals surface area contributed by atoms with E-state index in [2.05, 4.69) is 23.3 Å². The van der Waals surface area contributed by atoms with Crippen molar-refractivity contribution in [3.05, 3.63) is 53.6 Å². The Hall–Kier alpha value is -2.33. The summed E-state index contributed by atoms with van der Waals surface area (Å²) < 4.78 is 0. The molecule has 2 aromatic carbocycles. The van der Waals surface area contributed by atoms with E-state index in [0.717, 1.165) is 23.2 Å². The van der Waals surface area contributed by atoms with Gasteiger partial charge in [-0.3, -0.25) is 0 Å². The highest BCUT2D eigenvalue weighted by Crippen LogP contribution is 2.25. The molecule has 0 fully saturated rings. The van der Waals surface area contributed by atoms with E-state index in [0.29, 0.717) is 5.75 Å². The Morgan fingerprint density at radius 3 is 2.74 bits per heavy atom. The minimum atomic E-state index is 0.325. The molecule has 4 nitrogen and oxygen atoms in total. The molecule has 0 bridgehead atoms. The van der Waals surface area contributed by atoms with Crippen molar-refractivity contribution in [2.45, 2.75) is 13.5 Å². The van der Waals surface area contributed by atoms with Crippen LogP contribution in [0.4, 0.5) is 0 Å². The molecular formula is C15H18N3O+. The Balaban J connectivity index is 2.24. The first kappa shape index (κ1) is 13.1. The normalized spacial score (nSPS) is 11.0. The van der Waals surface area contributed by atoms with E-state index in [4.69, 9.17) is 5.73 Å². The van der Waals surface area contributed by atoms with Gasteiger partial charge in [-0.25, -0.2) is 5.43 Å². The summed E-state index contributed by atoms with van der Waals surface area (Å²) in [5.41, 5.74) is 11.3. The lowest BCUT2D eigenvalue weighted by atomic mass is 10.0. The summed E-state index contributed by atoms with van der Waals surface area (Å²) in [4.78, 5) is 0. The zero-order chi connectivity index (χ0) is 13.7. The Bertz CT molecular complexity index is 594. The molecule has 0 atom stereocenters. The topological polar surface area (TPSA) is 75.2 Å². The number of quaternary nitrogens is 1. The first-order valence-electron chi connectivity index (χ1n) is 6.14. The predicted octanol–water partition coefficient (Wildman–Crippen LogP) is 1.33. The van der Waals surface area contributed by atoms with Crippen LogP contribution in [-0.4, -0.2) is 11.4 Å². The lowest BCUT2D eigenvalue weighted by Gasteiger charge is -2.06. The van der Waals surface area contributed by atoms with E-state index in [1.54, 1.807) is 11.5 Å². The van der Waals surface area contributed by atoms with Crippen LogP contribution >= 0.6 is 0 Å². The van der Waals surface area contributed by atoms with Crippen LogP contribution in [0.3, 0.4) is 0 Å². The zero-order valence-electron chi connectivity index (χ0n) is 10.9. The molecule has 0 heterocycles. The van der Waals surface area contributed by atoms with Crippen molar-refractivity contribution in [2.75, 3.05) is 0 Å². The summed E-state index contributed by atoms with van der Waals surface area (Å²) in [6.07, 6.45) is 1.28. The molecule has 19 heavy (non-hydrogen) atoms. The Kier molecular flexibility index (Phi) is 4.15. The van der Waals surface area contributed by atoms with Crippen molar-refractivity contribution >= 4 is 6.34 Å². The van der Waals surface area contributed by atoms with Gasteiger partial charge in [0.05, 0.1) is 0 Å². The highest BCUT2D eigenvalue weighted by Gasteiger charge is 2.03. The van der Waals surface area contributed by atoms with Crippen molar-refractivity contribution in [2.24, 2.45) is 10.8 Å². The van der Waals surface area contributed by atoms with Gasteiger partial charge >= 0.3 is 0 Å². The maximum atomic E-state index is 9.56. The highest BCUT2D eigenvalue weighted by molar-refractivity contribution is 5.66. The molecule has 0 aromatic heterocycles. The molecule has 2 rings (SSSR count). The molecule has 0 aliphatic carbocycles. The van der Waals surface area contributed by atoms with Crippen LogP contribution < -0.4 is 11.2 Å². The Labute approximate surface area is 112 Å². The maximum absolute atomic E-state index is 9.56. The van der Waals surface area contributed by atoms with E-state index in [9.17, 15) is 5.11 Å². The summed E-state index contributed by atoms with van der Waals surface area (Å²) in [7, 11) is 0. The number of rotatable bonds is 4.